The summed E-state index contributed by atoms with van der Waals surface area (Å²) in [6.45, 7) is 4.15. The van der Waals surface area contributed by atoms with E-state index in [4.69, 9.17) is 9.47 Å². The van der Waals surface area contributed by atoms with Crippen LogP contribution in [0, 0.1) is 0 Å². The van der Waals surface area contributed by atoms with Gasteiger partial charge < -0.3 is 19.4 Å². The van der Waals surface area contributed by atoms with E-state index in [9.17, 15) is 4.79 Å². The highest BCUT2D eigenvalue weighted by atomic mass is 16.5. The molecule has 4 aromatic rings. The van der Waals surface area contributed by atoms with Crippen LogP contribution in [0.15, 0.2) is 59.4 Å². The number of rotatable bonds is 8. The fourth-order valence-electron chi connectivity index (χ4n) is 4.65. The fraction of sp³-hybridized carbons (Fsp3) is 0.360. The Morgan fingerprint density at radius 1 is 1.03 bits per heavy atom. The zero-order chi connectivity index (χ0) is 24.2. The monoisotopic (exact) mass is 475 g/mol. The molecule has 5 rings (SSSR count). The number of pyridine rings is 1. The molecule has 1 aliphatic heterocycles. The number of hydrogen-bond acceptors (Lipinski definition) is 8. The first-order valence-corrected chi connectivity index (χ1v) is 11.7. The van der Waals surface area contributed by atoms with Crippen LogP contribution < -0.4 is 15.2 Å². The Hall–Kier alpha value is -3.76. The summed E-state index contributed by atoms with van der Waals surface area (Å²) in [6, 6.07) is 17.5. The molecule has 182 valence electrons. The topological polar surface area (TPSA) is 101 Å². The van der Waals surface area contributed by atoms with Crippen molar-refractivity contribution in [3.05, 3.63) is 76.3 Å². The molecular formula is C25H29N7O3. The Labute approximate surface area is 203 Å². The second kappa shape index (κ2) is 10.2. The van der Waals surface area contributed by atoms with Gasteiger partial charge in [0.2, 0.25) is 0 Å². The average Bonchev–Trinajstić information content (AvgIpc) is 3.36. The largest absolute Gasteiger partial charge is 0.497 e. The molecular weight excluding hydrogens is 446 g/mol. The Bertz CT molecular complexity index is 1330. The molecule has 1 N–H and O–H groups in total. The molecule has 2 aromatic carbocycles. The number of methoxy groups -OCH3 is 2. The second-order valence-corrected chi connectivity index (χ2v) is 8.52. The predicted molar refractivity (Wildman–Crippen MR) is 133 cm³/mol. The van der Waals surface area contributed by atoms with Gasteiger partial charge in [-0.3, -0.25) is 9.69 Å². The molecule has 1 atom stereocenters. The van der Waals surface area contributed by atoms with Crippen molar-refractivity contribution in [2.24, 2.45) is 0 Å². The van der Waals surface area contributed by atoms with Crippen molar-refractivity contribution in [1.29, 1.82) is 0 Å². The van der Waals surface area contributed by atoms with E-state index < -0.39 is 6.04 Å². The van der Waals surface area contributed by atoms with Crippen LogP contribution in [0.5, 0.6) is 5.75 Å². The lowest BCUT2D eigenvalue weighted by Crippen LogP contribution is -2.49. The zero-order valence-corrected chi connectivity index (χ0v) is 19.9. The molecule has 0 bridgehead atoms. The first-order valence-electron chi connectivity index (χ1n) is 11.7. The highest BCUT2D eigenvalue weighted by Gasteiger charge is 2.32. The van der Waals surface area contributed by atoms with Crippen LogP contribution in [0.4, 0.5) is 5.69 Å². The van der Waals surface area contributed by atoms with E-state index in [2.05, 4.69) is 54.6 Å². The average molecular weight is 476 g/mol. The van der Waals surface area contributed by atoms with E-state index in [1.54, 1.807) is 18.9 Å². The lowest BCUT2D eigenvalue weighted by Gasteiger charge is -2.39. The molecule has 0 unspecified atom stereocenters. The number of fused-ring (bicyclic) bond motifs is 1. The van der Waals surface area contributed by atoms with Gasteiger partial charge in [-0.15, -0.1) is 5.10 Å². The number of H-pyrrole nitrogens is 1. The molecule has 3 heterocycles. The van der Waals surface area contributed by atoms with Gasteiger partial charge in [0.25, 0.3) is 5.56 Å². The number of tetrazole rings is 1. The summed E-state index contributed by atoms with van der Waals surface area (Å²) in [5.41, 5.74) is 2.40. The number of para-hydroxylation sites is 1. The predicted octanol–water partition coefficient (Wildman–Crippen LogP) is 2.08. The Kier molecular flexibility index (Phi) is 6.73. The van der Waals surface area contributed by atoms with E-state index in [1.165, 1.54) is 5.69 Å². The minimum absolute atomic E-state index is 0.153. The highest BCUT2D eigenvalue weighted by Crippen LogP contribution is 2.29. The molecule has 0 spiro atoms. The van der Waals surface area contributed by atoms with Gasteiger partial charge in [0, 0.05) is 55.4 Å². The minimum atomic E-state index is -0.404. The first kappa shape index (κ1) is 23.0. The number of aromatic nitrogens is 5. The van der Waals surface area contributed by atoms with E-state index in [0.717, 1.165) is 42.8 Å². The molecule has 35 heavy (non-hydrogen) atoms. The first-order chi connectivity index (χ1) is 17.2. The standard InChI is InChI=1S/C25H29N7O3/c1-34-15-14-32-24(27-28-29-32)23(31-12-10-30(11-13-31)19-6-4-3-5-7-19)21-17-18-16-20(35-2)8-9-22(18)26-25(21)33/h3-9,16-17,23H,10-15H2,1-2H3,(H,26,33)/t23-/m0/s1. The number of nitrogens with one attached hydrogen (secondary N) is 1. The van der Waals surface area contributed by atoms with Crippen molar-refractivity contribution in [3.63, 3.8) is 0 Å². The van der Waals surface area contributed by atoms with Gasteiger partial charge in [-0.05, 0) is 46.8 Å². The van der Waals surface area contributed by atoms with Crippen molar-refractivity contribution in [3.8, 4) is 5.75 Å². The Balaban J connectivity index is 1.53. The molecule has 10 nitrogen and oxygen atoms in total. The molecule has 0 saturated carbocycles. The molecule has 1 aliphatic rings. The van der Waals surface area contributed by atoms with Gasteiger partial charge in [-0.25, -0.2) is 4.68 Å². The summed E-state index contributed by atoms with van der Waals surface area (Å²) in [7, 11) is 3.28. The minimum Gasteiger partial charge on any atom is -0.497 e. The SMILES string of the molecule is COCCn1nnnc1[C@H](c1cc2cc(OC)ccc2[nH]c1=O)N1CCN(c2ccccc2)CC1. The molecule has 1 fully saturated rings. The van der Waals surface area contributed by atoms with Gasteiger partial charge >= 0.3 is 0 Å². The zero-order valence-electron chi connectivity index (χ0n) is 19.9. The number of benzene rings is 2. The van der Waals surface area contributed by atoms with Gasteiger partial charge in [-0.2, -0.15) is 0 Å². The van der Waals surface area contributed by atoms with Gasteiger partial charge in [0.15, 0.2) is 5.82 Å². The van der Waals surface area contributed by atoms with Crippen molar-refractivity contribution in [2.75, 3.05) is 51.9 Å². The quantitative estimate of drug-likeness (QED) is 0.413. The summed E-state index contributed by atoms with van der Waals surface area (Å²) in [4.78, 5) is 21.0. The van der Waals surface area contributed by atoms with Crippen molar-refractivity contribution >= 4 is 16.6 Å². The van der Waals surface area contributed by atoms with E-state index in [-0.39, 0.29) is 5.56 Å². The van der Waals surface area contributed by atoms with Crippen LogP contribution >= 0.6 is 0 Å². The number of hydrogen-bond donors (Lipinski definition) is 1. The summed E-state index contributed by atoms with van der Waals surface area (Å²) in [6.07, 6.45) is 0. The van der Waals surface area contributed by atoms with Crippen LogP contribution in [0.3, 0.4) is 0 Å². The maximum Gasteiger partial charge on any atom is 0.253 e. The molecule has 0 radical (unpaired) electrons. The molecule has 0 aliphatic carbocycles. The smallest absolute Gasteiger partial charge is 0.253 e. The summed E-state index contributed by atoms with van der Waals surface area (Å²) in [5, 5.41) is 13.4. The molecule has 10 heteroatoms. The summed E-state index contributed by atoms with van der Waals surface area (Å²) in [5.74, 6) is 1.36. The van der Waals surface area contributed by atoms with Gasteiger partial charge in [0.05, 0.1) is 20.3 Å². The van der Waals surface area contributed by atoms with Crippen LogP contribution in [-0.4, -0.2) is 77.1 Å². The summed E-state index contributed by atoms with van der Waals surface area (Å²) >= 11 is 0. The van der Waals surface area contributed by atoms with Crippen LogP contribution in [0.1, 0.15) is 17.4 Å². The van der Waals surface area contributed by atoms with E-state index >= 15 is 0 Å². The normalized spacial score (nSPS) is 15.4. The van der Waals surface area contributed by atoms with Gasteiger partial charge in [0.1, 0.15) is 11.8 Å². The van der Waals surface area contributed by atoms with E-state index in [0.29, 0.717) is 24.5 Å². The van der Waals surface area contributed by atoms with Crippen molar-refractivity contribution in [1.82, 2.24) is 30.1 Å². The number of nitrogens with zero attached hydrogens (tertiary/aromatic N) is 6. The number of aromatic amines is 1. The number of ether oxygens (including phenoxy) is 2. The van der Waals surface area contributed by atoms with Crippen LogP contribution in [0.2, 0.25) is 0 Å². The fourth-order valence-corrected chi connectivity index (χ4v) is 4.65. The Morgan fingerprint density at radius 2 is 1.83 bits per heavy atom. The van der Waals surface area contributed by atoms with E-state index in [1.807, 2.05) is 30.3 Å². The highest BCUT2D eigenvalue weighted by molar-refractivity contribution is 5.80. The maximum atomic E-state index is 13.4. The lowest BCUT2D eigenvalue weighted by atomic mass is 10.0. The molecule has 2 aromatic heterocycles. The Morgan fingerprint density at radius 3 is 2.57 bits per heavy atom. The van der Waals surface area contributed by atoms with Crippen LogP contribution in [-0.2, 0) is 11.3 Å². The molecule has 0 amide bonds. The third-order valence-corrected chi connectivity index (χ3v) is 6.49. The third-order valence-electron chi connectivity index (χ3n) is 6.49. The van der Waals surface area contributed by atoms with Gasteiger partial charge in [-0.1, -0.05) is 18.2 Å². The van der Waals surface area contributed by atoms with Crippen molar-refractivity contribution < 1.29 is 9.47 Å². The third kappa shape index (κ3) is 4.75. The van der Waals surface area contributed by atoms with Crippen molar-refractivity contribution in [2.45, 2.75) is 12.6 Å². The number of anilines is 1. The van der Waals surface area contributed by atoms with Crippen LogP contribution in [0.25, 0.3) is 10.9 Å². The lowest BCUT2D eigenvalue weighted by molar-refractivity contribution is 0.171. The second-order valence-electron chi connectivity index (χ2n) is 8.52. The molecule has 1 saturated heterocycles. The maximum absolute atomic E-state index is 13.4. The summed E-state index contributed by atoms with van der Waals surface area (Å²) < 4.78 is 12.4. The number of piperazine rings is 1.